The van der Waals surface area contributed by atoms with Gasteiger partial charge in [-0.05, 0) is 13.8 Å². The van der Waals surface area contributed by atoms with Crippen LogP contribution < -0.4 is 5.32 Å². The van der Waals surface area contributed by atoms with Gasteiger partial charge in [0.15, 0.2) is 0 Å². The zero-order chi connectivity index (χ0) is 11.5. The Labute approximate surface area is 85.7 Å². The Kier molecular flexibility index (Phi) is 3.73. The molecule has 0 saturated carbocycles. The van der Waals surface area contributed by atoms with Crippen molar-refractivity contribution in [3.05, 3.63) is 17.8 Å². The van der Waals surface area contributed by atoms with Crippen molar-refractivity contribution in [3.63, 3.8) is 0 Å². The van der Waals surface area contributed by atoms with Gasteiger partial charge in [-0.25, -0.2) is 4.98 Å². The minimum Gasteiger partial charge on any atom is -0.444 e. The lowest BCUT2D eigenvalue weighted by molar-refractivity contribution is -0.133. The zero-order valence-corrected chi connectivity index (χ0v) is 8.56. The van der Waals surface area contributed by atoms with Gasteiger partial charge in [-0.3, -0.25) is 0 Å². The molecule has 86 valence electrons. The Hall–Kier alpha value is -1.04. The van der Waals surface area contributed by atoms with Gasteiger partial charge in [0.05, 0.1) is 18.7 Å². The highest BCUT2D eigenvalue weighted by atomic mass is 19.4. The Balaban J connectivity index is 2.34. The van der Waals surface area contributed by atoms with E-state index in [0.29, 0.717) is 11.7 Å². The van der Waals surface area contributed by atoms with Gasteiger partial charge >= 0.3 is 6.18 Å². The molecule has 0 fully saturated rings. The normalized spacial score (nSPS) is 14.2. The van der Waals surface area contributed by atoms with Gasteiger partial charge in [0.1, 0.15) is 5.76 Å². The molecule has 1 rings (SSSR count). The Bertz CT molecular complexity index is 309. The lowest BCUT2D eigenvalue weighted by atomic mass is 10.3. The Morgan fingerprint density at radius 3 is 2.67 bits per heavy atom. The molecule has 1 unspecified atom stereocenters. The fourth-order valence-electron chi connectivity index (χ4n) is 1.09. The average Bonchev–Trinajstić information content (AvgIpc) is 2.49. The van der Waals surface area contributed by atoms with Gasteiger partial charge in [0.25, 0.3) is 0 Å². The highest BCUT2D eigenvalue weighted by molar-refractivity contribution is 4.94. The largest absolute Gasteiger partial charge is 0.444 e. The number of nitrogens with one attached hydrogen (secondary N) is 1. The van der Waals surface area contributed by atoms with Crippen LogP contribution in [0.5, 0.6) is 0 Å². The number of nitrogens with zero attached hydrogens (tertiary/aromatic N) is 1. The van der Waals surface area contributed by atoms with Crippen LogP contribution in [-0.2, 0) is 0 Å². The van der Waals surface area contributed by atoms with Crippen LogP contribution in [0.15, 0.2) is 10.6 Å². The first-order valence-corrected chi connectivity index (χ1v) is 4.61. The van der Waals surface area contributed by atoms with Crippen molar-refractivity contribution in [1.29, 1.82) is 0 Å². The third-order valence-corrected chi connectivity index (χ3v) is 1.87. The molecule has 0 spiro atoms. The van der Waals surface area contributed by atoms with Crippen LogP contribution in [0.1, 0.15) is 31.0 Å². The second-order valence-corrected chi connectivity index (χ2v) is 3.35. The van der Waals surface area contributed by atoms with Gasteiger partial charge in [-0.2, -0.15) is 13.2 Å². The molecule has 1 atom stereocenters. The molecular formula is C9H13F3N2O. The molecule has 15 heavy (non-hydrogen) atoms. The van der Waals surface area contributed by atoms with Crippen LogP contribution in [0.2, 0.25) is 0 Å². The maximum atomic E-state index is 11.8. The number of oxazole rings is 1. The number of hydrogen-bond acceptors (Lipinski definition) is 3. The third kappa shape index (κ3) is 4.33. The molecule has 0 aromatic carbocycles. The molecule has 0 aliphatic carbocycles. The number of halogens is 3. The first-order chi connectivity index (χ1) is 6.88. The van der Waals surface area contributed by atoms with Crippen LogP contribution in [0.25, 0.3) is 0 Å². The number of alkyl halides is 3. The van der Waals surface area contributed by atoms with Crippen LogP contribution in [-0.4, -0.2) is 17.7 Å². The van der Waals surface area contributed by atoms with E-state index in [-0.39, 0.29) is 12.6 Å². The first kappa shape index (κ1) is 12.0. The molecule has 0 aliphatic rings. The highest BCUT2D eigenvalue weighted by Gasteiger charge is 2.26. The van der Waals surface area contributed by atoms with Crippen molar-refractivity contribution in [2.45, 2.75) is 32.5 Å². The van der Waals surface area contributed by atoms with Crippen molar-refractivity contribution < 1.29 is 17.6 Å². The summed E-state index contributed by atoms with van der Waals surface area (Å²) in [6, 6.07) is -0.305. The summed E-state index contributed by atoms with van der Waals surface area (Å²) in [5.41, 5.74) is 0. The molecule has 1 aromatic rings. The number of hydrogen-bond donors (Lipinski definition) is 1. The minimum atomic E-state index is -4.13. The van der Waals surface area contributed by atoms with E-state index in [1.165, 1.54) is 6.20 Å². The van der Waals surface area contributed by atoms with Crippen molar-refractivity contribution in [3.8, 4) is 0 Å². The SMILES string of the molecule is Cc1cnc(C(C)NCCC(F)(F)F)o1. The van der Waals surface area contributed by atoms with E-state index in [9.17, 15) is 13.2 Å². The van der Waals surface area contributed by atoms with Gasteiger partial charge in [-0.1, -0.05) is 0 Å². The van der Waals surface area contributed by atoms with Crippen molar-refractivity contribution >= 4 is 0 Å². The molecule has 0 aliphatic heterocycles. The fourth-order valence-corrected chi connectivity index (χ4v) is 1.09. The zero-order valence-electron chi connectivity index (χ0n) is 8.56. The molecule has 1 aromatic heterocycles. The van der Waals surface area contributed by atoms with E-state index in [1.54, 1.807) is 13.8 Å². The van der Waals surface area contributed by atoms with E-state index in [2.05, 4.69) is 10.3 Å². The summed E-state index contributed by atoms with van der Waals surface area (Å²) in [5, 5.41) is 2.69. The van der Waals surface area contributed by atoms with Crippen molar-refractivity contribution in [2.75, 3.05) is 6.54 Å². The Morgan fingerprint density at radius 2 is 2.20 bits per heavy atom. The van der Waals surface area contributed by atoms with Crippen LogP contribution >= 0.6 is 0 Å². The number of rotatable bonds is 4. The van der Waals surface area contributed by atoms with E-state index in [4.69, 9.17) is 4.42 Å². The van der Waals surface area contributed by atoms with Gasteiger partial charge in [0.2, 0.25) is 5.89 Å². The van der Waals surface area contributed by atoms with E-state index in [1.807, 2.05) is 0 Å². The first-order valence-electron chi connectivity index (χ1n) is 4.61. The molecular weight excluding hydrogens is 209 g/mol. The molecule has 0 radical (unpaired) electrons. The molecule has 3 nitrogen and oxygen atoms in total. The van der Waals surface area contributed by atoms with E-state index < -0.39 is 12.6 Å². The second kappa shape index (κ2) is 4.65. The highest BCUT2D eigenvalue weighted by Crippen LogP contribution is 2.19. The predicted molar refractivity (Wildman–Crippen MR) is 48.3 cm³/mol. The van der Waals surface area contributed by atoms with E-state index in [0.717, 1.165) is 0 Å². The molecule has 1 N–H and O–H groups in total. The summed E-state index contributed by atoms with van der Waals surface area (Å²) >= 11 is 0. The summed E-state index contributed by atoms with van der Waals surface area (Å²) in [6.07, 6.45) is -3.44. The van der Waals surface area contributed by atoms with Crippen LogP contribution in [0, 0.1) is 6.92 Å². The summed E-state index contributed by atoms with van der Waals surface area (Å²) in [7, 11) is 0. The van der Waals surface area contributed by atoms with Gasteiger partial charge in [0, 0.05) is 6.54 Å². The maximum Gasteiger partial charge on any atom is 0.390 e. The summed E-state index contributed by atoms with van der Waals surface area (Å²) in [6.45, 7) is 3.31. The number of aromatic nitrogens is 1. The second-order valence-electron chi connectivity index (χ2n) is 3.35. The molecule has 1 heterocycles. The molecule has 0 amide bonds. The summed E-state index contributed by atoms with van der Waals surface area (Å²) < 4.78 is 40.7. The van der Waals surface area contributed by atoms with Crippen molar-refractivity contribution in [2.24, 2.45) is 0 Å². The lowest BCUT2D eigenvalue weighted by Crippen LogP contribution is -2.24. The Morgan fingerprint density at radius 1 is 1.53 bits per heavy atom. The van der Waals surface area contributed by atoms with Gasteiger partial charge < -0.3 is 9.73 Å². The van der Waals surface area contributed by atoms with E-state index >= 15 is 0 Å². The maximum absolute atomic E-state index is 11.8. The average molecular weight is 222 g/mol. The summed E-state index contributed by atoms with van der Waals surface area (Å²) in [5.74, 6) is 1.06. The molecule has 0 saturated heterocycles. The quantitative estimate of drug-likeness (QED) is 0.850. The predicted octanol–water partition coefficient (Wildman–Crippen LogP) is 2.59. The standard InChI is InChI=1S/C9H13F3N2O/c1-6-5-14-8(15-6)7(2)13-4-3-9(10,11)12/h5,7,13H,3-4H2,1-2H3. The van der Waals surface area contributed by atoms with Crippen LogP contribution in [0.3, 0.4) is 0 Å². The van der Waals surface area contributed by atoms with Gasteiger partial charge in [-0.15, -0.1) is 0 Å². The summed E-state index contributed by atoms with van der Waals surface area (Å²) in [4.78, 5) is 3.92. The third-order valence-electron chi connectivity index (χ3n) is 1.87. The monoisotopic (exact) mass is 222 g/mol. The molecule has 0 bridgehead atoms. The minimum absolute atomic E-state index is 0.133. The fraction of sp³-hybridized carbons (Fsp3) is 0.667. The lowest BCUT2D eigenvalue weighted by Gasteiger charge is -2.11. The topological polar surface area (TPSA) is 38.1 Å². The van der Waals surface area contributed by atoms with Crippen molar-refractivity contribution in [1.82, 2.24) is 10.3 Å². The smallest absolute Gasteiger partial charge is 0.390 e. The molecule has 6 heteroatoms. The number of aryl methyl sites for hydroxylation is 1. The van der Waals surface area contributed by atoms with Crippen LogP contribution in [0.4, 0.5) is 13.2 Å².